The number of imidazole rings is 1. The van der Waals surface area contributed by atoms with E-state index < -0.39 is 47.7 Å². The lowest BCUT2D eigenvalue weighted by Crippen LogP contribution is -2.45. The number of carbonyl (C=O) groups is 1. The quantitative estimate of drug-likeness (QED) is 0.584. The molecule has 2 aromatic heterocycles. The molecule has 1 unspecified atom stereocenters. The predicted octanol–water partition coefficient (Wildman–Crippen LogP) is 4.22. The Kier molecular flexibility index (Phi) is 5.42. The van der Waals surface area contributed by atoms with Crippen molar-refractivity contribution in [2.45, 2.75) is 31.3 Å². The van der Waals surface area contributed by atoms with Gasteiger partial charge in [-0.15, -0.1) is 0 Å². The molecule has 1 atom stereocenters. The number of rotatable bonds is 4. The highest BCUT2D eigenvalue weighted by Crippen LogP contribution is 2.34. The summed E-state index contributed by atoms with van der Waals surface area (Å²) in [6.07, 6.45) is -11.3. The summed E-state index contributed by atoms with van der Waals surface area (Å²) < 4.78 is 91.9. The van der Waals surface area contributed by atoms with Gasteiger partial charge in [0.1, 0.15) is 17.0 Å². The monoisotopic (exact) mass is 450 g/mol. The molecule has 2 heterocycles. The topological polar surface area (TPSA) is 80.0 Å². The normalized spacial score (nSPS) is 14.5. The van der Waals surface area contributed by atoms with E-state index in [0.717, 1.165) is 34.9 Å². The van der Waals surface area contributed by atoms with Crippen LogP contribution in [0.4, 0.5) is 36.7 Å². The summed E-state index contributed by atoms with van der Waals surface area (Å²) in [4.78, 5) is 19.5. The minimum absolute atomic E-state index is 0.0357. The highest BCUT2D eigenvalue weighted by Gasteiger charge is 2.51. The molecule has 6 nitrogen and oxygen atoms in total. The molecule has 0 radical (unpaired) electrons. The van der Waals surface area contributed by atoms with Crippen LogP contribution in [0.5, 0.6) is 0 Å². The number of fused-ring (bicyclic) bond motifs is 1. The largest absolute Gasteiger partial charge is 0.433 e. The Bertz CT molecular complexity index is 1120. The average molecular weight is 450 g/mol. The standard InChI is InChI=1S/C18H13F7N4O2/c1-16(31,18(23,24)25)8-13(30)28-15-26-11-6-7-12(17(20,21)22)27-14(11)29(15)10-4-2-9(19)3-5-10/h2-7,31H,8H2,1H3,(H,26,28,30). The van der Waals surface area contributed by atoms with Gasteiger partial charge in [-0.25, -0.2) is 14.4 Å². The zero-order valence-corrected chi connectivity index (χ0v) is 15.5. The lowest BCUT2D eigenvalue weighted by Gasteiger charge is -2.25. The zero-order valence-electron chi connectivity index (χ0n) is 15.5. The van der Waals surface area contributed by atoms with Gasteiger partial charge in [0.25, 0.3) is 0 Å². The molecule has 2 N–H and O–H groups in total. The maximum atomic E-state index is 13.3. The molecular weight excluding hydrogens is 437 g/mol. The maximum Gasteiger partial charge on any atom is 0.433 e. The second kappa shape index (κ2) is 7.48. The predicted molar refractivity (Wildman–Crippen MR) is 93.8 cm³/mol. The number of pyridine rings is 1. The van der Waals surface area contributed by atoms with Crippen LogP contribution in [0.1, 0.15) is 19.0 Å². The molecule has 3 aromatic rings. The Labute approximate surface area is 169 Å². The second-order valence-electron chi connectivity index (χ2n) is 6.78. The van der Waals surface area contributed by atoms with Gasteiger partial charge < -0.3 is 5.11 Å². The minimum atomic E-state index is -5.11. The van der Waals surface area contributed by atoms with Crippen molar-refractivity contribution in [3.63, 3.8) is 0 Å². The van der Waals surface area contributed by atoms with Gasteiger partial charge in [-0.05, 0) is 43.3 Å². The van der Waals surface area contributed by atoms with Crippen molar-refractivity contribution in [3.05, 3.63) is 47.9 Å². The van der Waals surface area contributed by atoms with E-state index >= 15 is 0 Å². The molecule has 166 valence electrons. The molecule has 1 aromatic carbocycles. The highest BCUT2D eigenvalue weighted by molar-refractivity contribution is 5.92. The first-order valence-electron chi connectivity index (χ1n) is 8.51. The van der Waals surface area contributed by atoms with E-state index in [-0.39, 0.29) is 16.9 Å². The molecule has 3 rings (SSSR count). The van der Waals surface area contributed by atoms with Gasteiger partial charge in [-0.2, -0.15) is 26.3 Å². The number of halogens is 7. The molecule has 0 saturated carbocycles. The van der Waals surface area contributed by atoms with Gasteiger partial charge in [-0.1, -0.05) is 0 Å². The Morgan fingerprint density at radius 2 is 1.65 bits per heavy atom. The van der Waals surface area contributed by atoms with Crippen molar-refractivity contribution in [1.82, 2.24) is 14.5 Å². The number of hydrogen-bond donors (Lipinski definition) is 2. The molecule has 1 amide bonds. The van der Waals surface area contributed by atoms with Gasteiger partial charge in [-0.3, -0.25) is 14.7 Å². The van der Waals surface area contributed by atoms with Gasteiger partial charge in [0.05, 0.1) is 12.1 Å². The van der Waals surface area contributed by atoms with Crippen molar-refractivity contribution in [2.24, 2.45) is 0 Å². The van der Waals surface area contributed by atoms with E-state index in [0.29, 0.717) is 13.0 Å². The summed E-state index contributed by atoms with van der Waals surface area (Å²) in [5.41, 5.74) is -5.09. The van der Waals surface area contributed by atoms with Crippen LogP contribution in [0.3, 0.4) is 0 Å². The smallest absolute Gasteiger partial charge is 0.380 e. The third-order valence-corrected chi connectivity index (χ3v) is 4.25. The van der Waals surface area contributed by atoms with E-state index in [1.165, 1.54) is 0 Å². The summed E-state index contributed by atoms with van der Waals surface area (Å²) in [7, 11) is 0. The van der Waals surface area contributed by atoms with Crippen LogP contribution in [0.2, 0.25) is 0 Å². The number of aliphatic hydroxyl groups is 1. The maximum absolute atomic E-state index is 13.3. The summed E-state index contributed by atoms with van der Waals surface area (Å²) in [6.45, 7) is 0.396. The molecule has 31 heavy (non-hydrogen) atoms. The summed E-state index contributed by atoms with van der Waals surface area (Å²) >= 11 is 0. The van der Waals surface area contributed by atoms with Crippen molar-refractivity contribution >= 4 is 23.0 Å². The average Bonchev–Trinajstić information content (AvgIpc) is 2.97. The Morgan fingerprint density at radius 3 is 2.19 bits per heavy atom. The first-order chi connectivity index (χ1) is 14.2. The number of nitrogens with zero attached hydrogens (tertiary/aromatic N) is 3. The van der Waals surface area contributed by atoms with E-state index in [4.69, 9.17) is 0 Å². The molecule has 0 aliphatic rings. The van der Waals surface area contributed by atoms with Crippen LogP contribution in [0, 0.1) is 5.82 Å². The van der Waals surface area contributed by atoms with Crippen molar-refractivity contribution in [2.75, 3.05) is 5.32 Å². The number of hydrogen-bond acceptors (Lipinski definition) is 4. The first-order valence-corrected chi connectivity index (χ1v) is 8.51. The van der Waals surface area contributed by atoms with Crippen LogP contribution in [-0.2, 0) is 11.0 Å². The van der Waals surface area contributed by atoms with Gasteiger partial charge in [0, 0.05) is 0 Å². The van der Waals surface area contributed by atoms with Crippen LogP contribution in [0.15, 0.2) is 36.4 Å². The molecule has 0 saturated heterocycles. The van der Waals surface area contributed by atoms with Crippen molar-refractivity contribution in [1.29, 1.82) is 0 Å². The van der Waals surface area contributed by atoms with E-state index in [1.807, 2.05) is 5.32 Å². The molecular formula is C18H13F7N4O2. The fourth-order valence-corrected chi connectivity index (χ4v) is 2.62. The number of nitrogens with one attached hydrogen (secondary N) is 1. The highest BCUT2D eigenvalue weighted by atomic mass is 19.4. The number of anilines is 1. The number of alkyl halides is 6. The SMILES string of the molecule is CC(O)(CC(=O)Nc1nc2ccc(C(F)(F)F)nc2n1-c1ccc(F)cc1)C(F)(F)F. The summed E-state index contributed by atoms with van der Waals surface area (Å²) in [6, 6.07) is 5.88. The molecule has 0 fully saturated rings. The van der Waals surface area contributed by atoms with E-state index in [9.17, 15) is 40.6 Å². The van der Waals surface area contributed by atoms with Crippen LogP contribution in [0.25, 0.3) is 16.9 Å². The Balaban J connectivity index is 2.09. The molecule has 0 aliphatic heterocycles. The van der Waals surface area contributed by atoms with Crippen LogP contribution >= 0.6 is 0 Å². The van der Waals surface area contributed by atoms with Gasteiger partial charge >= 0.3 is 12.4 Å². The van der Waals surface area contributed by atoms with Crippen LogP contribution < -0.4 is 5.32 Å². The summed E-state index contributed by atoms with van der Waals surface area (Å²) in [5.74, 6) is -2.43. The fraction of sp³-hybridized carbons (Fsp3) is 0.278. The van der Waals surface area contributed by atoms with Crippen LogP contribution in [-0.4, -0.2) is 37.3 Å². The summed E-state index contributed by atoms with van der Waals surface area (Å²) in [5, 5.41) is 11.5. The Morgan fingerprint density at radius 1 is 1.03 bits per heavy atom. The number of amides is 1. The second-order valence-corrected chi connectivity index (χ2v) is 6.78. The molecule has 0 spiro atoms. The van der Waals surface area contributed by atoms with Gasteiger partial charge in [0.15, 0.2) is 11.2 Å². The van der Waals surface area contributed by atoms with Crippen molar-refractivity contribution < 1.29 is 40.6 Å². The molecule has 13 heteroatoms. The number of carbonyl (C=O) groups excluding carboxylic acids is 1. The zero-order chi connectivity index (χ0) is 23.2. The first kappa shape index (κ1) is 22.5. The Hall–Kier alpha value is -3.22. The lowest BCUT2D eigenvalue weighted by atomic mass is 10.0. The molecule has 0 bridgehead atoms. The third-order valence-electron chi connectivity index (χ3n) is 4.25. The molecule has 0 aliphatic carbocycles. The third kappa shape index (κ3) is 4.60. The van der Waals surface area contributed by atoms with Crippen molar-refractivity contribution in [3.8, 4) is 5.69 Å². The lowest BCUT2D eigenvalue weighted by molar-refractivity contribution is -0.252. The van der Waals surface area contributed by atoms with Gasteiger partial charge in [0.2, 0.25) is 11.9 Å². The minimum Gasteiger partial charge on any atom is -0.380 e. The number of aromatic nitrogens is 3. The number of benzene rings is 1. The fourth-order valence-electron chi connectivity index (χ4n) is 2.62. The van der Waals surface area contributed by atoms with E-state index in [2.05, 4.69) is 9.97 Å². The van der Waals surface area contributed by atoms with E-state index in [1.54, 1.807) is 0 Å².